The smallest absolute Gasteiger partial charge is 0.125 e. The SMILES string of the molecule is CCC1(CCCCCc2ccc(O)c(CCCCC3(C)CC3)c2O)CC1. The predicted octanol–water partition coefficient (Wildman–Crippen LogP) is 6.90. The van der Waals surface area contributed by atoms with Crippen molar-refractivity contribution in [1.82, 2.24) is 0 Å². The highest BCUT2D eigenvalue weighted by Crippen LogP contribution is 2.52. The van der Waals surface area contributed by atoms with E-state index in [4.69, 9.17) is 0 Å². The van der Waals surface area contributed by atoms with Gasteiger partial charge < -0.3 is 10.2 Å². The Balaban J connectivity index is 1.42. The fraction of sp³-hybridized carbons (Fsp3) is 0.750. The molecule has 0 amide bonds. The summed E-state index contributed by atoms with van der Waals surface area (Å²) in [5.41, 5.74) is 3.09. The predicted molar refractivity (Wildman–Crippen MR) is 109 cm³/mol. The molecule has 2 aliphatic carbocycles. The third-order valence-corrected chi connectivity index (χ3v) is 7.26. The quantitative estimate of drug-likeness (QED) is 0.399. The minimum atomic E-state index is 0.266. The van der Waals surface area contributed by atoms with Gasteiger partial charge in [0.1, 0.15) is 11.5 Å². The molecule has 2 N–H and O–H groups in total. The second-order valence-corrected chi connectivity index (χ2v) is 9.50. The molecule has 0 bridgehead atoms. The van der Waals surface area contributed by atoms with E-state index < -0.39 is 0 Å². The van der Waals surface area contributed by atoms with E-state index >= 15 is 0 Å². The Kier molecular flexibility index (Phi) is 6.20. The van der Waals surface area contributed by atoms with Gasteiger partial charge in [-0.1, -0.05) is 45.6 Å². The molecule has 26 heavy (non-hydrogen) atoms. The number of rotatable bonds is 12. The molecule has 146 valence electrons. The third-order valence-electron chi connectivity index (χ3n) is 7.26. The van der Waals surface area contributed by atoms with Crippen LogP contribution in [-0.4, -0.2) is 10.2 Å². The molecular weight excluding hydrogens is 320 g/mol. The zero-order valence-electron chi connectivity index (χ0n) is 16.9. The van der Waals surface area contributed by atoms with Crippen LogP contribution in [0.3, 0.4) is 0 Å². The molecule has 0 unspecified atom stereocenters. The minimum Gasteiger partial charge on any atom is -0.508 e. The molecule has 0 saturated heterocycles. The summed E-state index contributed by atoms with van der Waals surface area (Å²) in [7, 11) is 0. The number of phenolic OH excluding ortho intramolecular Hbond substituents is 2. The Labute approximate surface area is 160 Å². The van der Waals surface area contributed by atoms with E-state index in [9.17, 15) is 10.2 Å². The van der Waals surface area contributed by atoms with E-state index in [0.29, 0.717) is 16.6 Å². The fourth-order valence-electron chi connectivity index (χ4n) is 4.39. The van der Waals surface area contributed by atoms with Crippen LogP contribution in [0.4, 0.5) is 0 Å². The summed E-state index contributed by atoms with van der Waals surface area (Å²) >= 11 is 0. The molecule has 1 aromatic carbocycles. The number of aromatic hydroxyl groups is 2. The van der Waals surface area contributed by atoms with Crippen molar-refractivity contribution in [2.24, 2.45) is 10.8 Å². The van der Waals surface area contributed by atoms with Crippen LogP contribution in [0.5, 0.6) is 11.5 Å². The van der Waals surface area contributed by atoms with Crippen molar-refractivity contribution in [2.75, 3.05) is 0 Å². The molecule has 0 aromatic heterocycles. The average Bonchev–Trinajstić information content (AvgIpc) is 3.54. The monoisotopic (exact) mass is 358 g/mol. The van der Waals surface area contributed by atoms with Gasteiger partial charge in [0.2, 0.25) is 0 Å². The Morgan fingerprint density at radius 2 is 1.54 bits per heavy atom. The molecule has 3 rings (SSSR count). The Bertz CT molecular complexity index is 596. The summed E-state index contributed by atoms with van der Waals surface area (Å²) in [4.78, 5) is 0. The van der Waals surface area contributed by atoms with Gasteiger partial charge in [-0.25, -0.2) is 0 Å². The van der Waals surface area contributed by atoms with Gasteiger partial charge in [0.05, 0.1) is 0 Å². The first-order chi connectivity index (χ1) is 12.5. The van der Waals surface area contributed by atoms with Crippen molar-refractivity contribution >= 4 is 0 Å². The third kappa shape index (κ3) is 5.18. The van der Waals surface area contributed by atoms with E-state index in [1.165, 1.54) is 64.2 Å². The van der Waals surface area contributed by atoms with E-state index in [-0.39, 0.29) is 5.75 Å². The number of benzene rings is 1. The van der Waals surface area contributed by atoms with Gasteiger partial charge in [-0.05, 0) is 86.7 Å². The largest absolute Gasteiger partial charge is 0.508 e. The lowest BCUT2D eigenvalue weighted by Gasteiger charge is -2.14. The maximum atomic E-state index is 10.6. The van der Waals surface area contributed by atoms with Crippen LogP contribution in [0.15, 0.2) is 12.1 Å². The molecule has 0 spiro atoms. The topological polar surface area (TPSA) is 40.5 Å². The van der Waals surface area contributed by atoms with Crippen LogP contribution in [0.1, 0.15) is 102 Å². The number of hydrogen-bond acceptors (Lipinski definition) is 2. The fourth-order valence-corrected chi connectivity index (χ4v) is 4.39. The summed E-state index contributed by atoms with van der Waals surface area (Å²) in [5.74, 6) is 0.623. The highest BCUT2D eigenvalue weighted by Gasteiger charge is 2.39. The number of unbranched alkanes of at least 4 members (excludes halogenated alkanes) is 3. The highest BCUT2D eigenvalue weighted by atomic mass is 16.3. The maximum Gasteiger partial charge on any atom is 0.125 e. The normalized spacial score (nSPS) is 19.5. The van der Waals surface area contributed by atoms with E-state index in [1.54, 1.807) is 6.07 Å². The van der Waals surface area contributed by atoms with Crippen LogP contribution >= 0.6 is 0 Å². The molecule has 2 saturated carbocycles. The standard InChI is InChI=1S/C24H38O2/c1-3-24(17-18-24)14-7-4-5-9-19-11-12-21(25)20(22(19)26)10-6-8-13-23(2)15-16-23/h11-12,25-26H,3-10,13-18H2,1-2H3. The Morgan fingerprint density at radius 1 is 0.846 bits per heavy atom. The first kappa shape index (κ1) is 19.6. The molecule has 2 fully saturated rings. The minimum absolute atomic E-state index is 0.266. The van der Waals surface area contributed by atoms with Gasteiger partial charge in [-0.15, -0.1) is 0 Å². The second kappa shape index (κ2) is 8.23. The highest BCUT2D eigenvalue weighted by molar-refractivity contribution is 5.48. The maximum absolute atomic E-state index is 10.6. The lowest BCUT2D eigenvalue weighted by Crippen LogP contribution is -1.98. The van der Waals surface area contributed by atoms with Crippen LogP contribution in [0.2, 0.25) is 0 Å². The second-order valence-electron chi connectivity index (χ2n) is 9.50. The van der Waals surface area contributed by atoms with Gasteiger partial charge >= 0.3 is 0 Å². The molecule has 2 nitrogen and oxygen atoms in total. The van der Waals surface area contributed by atoms with Crippen LogP contribution in [0, 0.1) is 10.8 Å². The molecular formula is C24H38O2. The van der Waals surface area contributed by atoms with Crippen LogP contribution < -0.4 is 0 Å². The molecule has 1 aromatic rings. The van der Waals surface area contributed by atoms with E-state index in [1.807, 2.05) is 6.07 Å². The van der Waals surface area contributed by atoms with Crippen molar-refractivity contribution in [1.29, 1.82) is 0 Å². The van der Waals surface area contributed by atoms with Crippen LogP contribution in [0.25, 0.3) is 0 Å². The summed E-state index contributed by atoms with van der Waals surface area (Å²) in [5, 5.41) is 20.8. The molecule has 0 radical (unpaired) electrons. The van der Waals surface area contributed by atoms with E-state index in [2.05, 4.69) is 13.8 Å². The van der Waals surface area contributed by atoms with Crippen molar-refractivity contribution in [2.45, 2.75) is 104 Å². The molecule has 2 heteroatoms. The number of aryl methyl sites for hydroxylation is 1. The van der Waals surface area contributed by atoms with Gasteiger partial charge in [-0.2, -0.15) is 0 Å². The summed E-state index contributed by atoms with van der Waals surface area (Å²) in [6.07, 6.45) is 17.3. The molecule has 2 aliphatic rings. The van der Waals surface area contributed by atoms with Crippen molar-refractivity contribution in [3.8, 4) is 11.5 Å². The summed E-state index contributed by atoms with van der Waals surface area (Å²) < 4.78 is 0. The first-order valence-electron chi connectivity index (χ1n) is 11.0. The lowest BCUT2D eigenvalue weighted by atomic mass is 9.94. The van der Waals surface area contributed by atoms with E-state index in [0.717, 1.165) is 36.8 Å². The van der Waals surface area contributed by atoms with Crippen molar-refractivity contribution in [3.05, 3.63) is 23.3 Å². The molecule has 0 atom stereocenters. The summed E-state index contributed by atoms with van der Waals surface area (Å²) in [6, 6.07) is 3.69. The number of phenols is 2. The lowest BCUT2D eigenvalue weighted by molar-refractivity contribution is 0.417. The molecule has 0 aliphatic heterocycles. The van der Waals surface area contributed by atoms with Gasteiger partial charge in [0.25, 0.3) is 0 Å². The Morgan fingerprint density at radius 3 is 2.19 bits per heavy atom. The zero-order chi connectivity index (χ0) is 18.6. The van der Waals surface area contributed by atoms with Gasteiger partial charge in [0.15, 0.2) is 0 Å². The summed E-state index contributed by atoms with van der Waals surface area (Å²) in [6.45, 7) is 4.70. The Hall–Kier alpha value is -1.18. The van der Waals surface area contributed by atoms with Crippen molar-refractivity contribution < 1.29 is 10.2 Å². The van der Waals surface area contributed by atoms with Gasteiger partial charge in [0, 0.05) is 5.56 Å². The average molecular weight is 359 g/mol. The zero-order valence-corrected chi connectivity index (χ0v) is 16.9. The van der Waals surface area contributed by atoms with Crippen molar-refractivity contribution in [3.63, 3.8) is 0 Å². The van der Waals surface area contributed by atoms with Crippen LogP contribution in [-0.2, 0) is 12.8 Å². The molecule has 0 heterocycles. The number of hydrogen-bond donors (Lipinski definition) is 2. The first-order valence-corrected chi connectivity index (χ1v) is 11.0. The van der Waals surface area contributed by atoms with Gasteiger partial charge in [-0.3, -0.25) is 0 Å².